The Bertz CT molecular complexity index is 1130. The molecule has 3 aromatic heterocycles. The van der Waals surface area contributed by atoms with Gasteiger partial charge in [-0.2, -0.15) is 5.10 Å². The number of fused-ring (bicyclic) bond motifs is 1. The van der Waals surface area contributed by atoms with E-state index in [4.69, 9.17) is 23.2 Å². The third kappa shape index (κ3) is 3.07. The van der Waals surface area contributed by atoms with E-state index in [-0.39, 0.29) is 11.9 Å². The smallest absolute Gasteiger partial charge is 0.271 e. The molecular formula is C17H15Cl2N7O. The van der Waals surface area contributed by atoms with Crippen molar-refractivity contribution in [2.75, 3.05) is 0 Å². The lowest BCUT2D eigenvalue weighted by Gasteiger charge is -2.08. The number of hydrogen-bond acceptors (Lipinski definition) is 4. The molecule has 0 atom stereocenters. The van der Waals surface area contributed by atoms with Crippen molar-refractivity contribution in [2.45, 2.75) is 19.9 Å². The highest BCUT2D eigenvalue weighted by atomic mass is 35.5. The maximum Gasteiger partial charge on any atom is 0.271 e. The molecule has 0 saturated heterocycles. The van der Waals surface area contributed by atoms with Gasteiger partial charge in [-0.05, 0) is 38.1 Å². The number of H-pyrrole nitrogens is 1. The average molecular weight is 404 g/mol. The van der Waals surface area contributed by atoms with Gasteiger partial charge in [-0.3, -0.25) is 9.89 Å². The van der Waals surface area contributed by atoms with Crippen molar-refractivity contribution < 1.29 is 4.79 Å². The standard InChI is InChI=1S/C17H15Cl2N7O/c1-9(2)21-17(27)13-14(25-7-3-6-20-25)16-23-22-15(26(16)24-13)10-4-5-11(18)12(19)8-10/h3-9,24H,1-2H3,(H,21,27). The van der Waals surface area contributed by atoms with E-state index in [9.17, 15) is 4.79 Å². The van der Waals surface area contributed by atoms with Crippen LogP contribution in [-0.2, 0) is 0 Å². The third-order valence-corrected chi connectivity index (χ3v) is 4.63. The first-order valence-corrected chi connectivity index (χ1v) is 8.94. The van der Waals surface area contributed by atoms with Gasteiger partial charge < -0.3 is 5.32 Å². The van der Waals surface area contributed by atoms with Gasteiger partial charge in [0.2, 0.25) is 5.65 Å². The van der Waals surface area contributed by atoms with Gasteiger partial charge in [0.1, 0.15) is 11.4 Å². The normalized spacial score (nSPS) is 11.4. The topological polar surface area (TPSA) is 92.9 Å². The van der Waals surface area contributed by atoms with Gasteiger partial charge in [-0.25, -0.2) is 9.20 Å². The Morgan fingerprint density at radius 1 is 1.22 bits per heavy atom. The molecule has 0 aliphatic rings. The predicted molar refractivity (Wildman–Crippen MR) is 103 cm³/mol. The Kier molecular flexibility index (Phi) is 4.37. The summed E-state index contributed by atoms with van der Waals surface area (Å²) >= 11 is 12.1. The molecule has 0 bridgehead atoms. The second kappa shape index (κ2) is 6.71. The molecule has 1 amide bonds. The first-order valence-electron chi connectivity index (χ1n) is 8.19. The van der Waals surface area contributed by atoms with Crippen LogP contribution in [0.5, 0.6) is 0 Å². The summed E-state index contributed by atoms with van der Waals surface area (Å²) in [7, 11) is 0. The van der Waals surface area contributed by atoms with Crippen LogP contribution in [0, 0.1) is 0 Å². The molecule has 138 valence electrons. The largest absolute Gasteiger partial charge is 0.348 e. The Morgan fingerprint density at radius 3 is 2.70 bits per heavy atom. The molecule has 27 heavy (non-hydrogen) atoms. The van der Waals surface area contributed by atoms with Gasteiger partial charge in [0.05, 0.1) is 10.0 Å². The lowest BCUT2D eigenvalue weighted by molar-refractivity contribution is 0.0937. The molecule has 0 unspecified atom stereocenters. The second-order valence-electron chi connectivity index (χ2n) is 6.23. The number of aromatic amines is 1. The summed E-state index contributed by atoms with van der Waals surface area (Å²) in [6, 6.07) is 6.91. The molecule has 0 aliphatic heterocycles. The number of benzene rings is 1. The number of carbonyl (C=O) groups excluding carboxylic acids is 1. The number of nitrogens with zero attached hydrogens (tertiary/aromatic N) is 5. The lowest BCUT2D eigenvalue weighted by Crippen LogP contribution is -2.31. The number of hydrogen-bond donors (Lipinski definition) is 2. The molecule has 4 aromatic rings. The monoisotopic (exact) mass is 403 g/mol. The third-order valence-electron chi connectivity index (χ3n) is 3.89. The minimum absolute atomic E-state index is 0.0220. The van der Waals surface area contributed by atoms with Gasteiger partial charge >= 0.3 is 0 Å². The van der Waals surface area contributed by atoms with Crippen molar-refractivity contribution in [3.63, 3.8) is 0 Å². The minimum atomic E-state index is -0.263. The fourth-order valence-electron chi connectivity index (χ4n) is 2.75. The fraction of sp³-hybridized carbons (Fsp3) is 0.176. The summed E-state index contributed by atoms with van der Waals surface area (Å²) in [5.41, 5.74) is 2.02. The first kappa shape index (κ1) is 17.6. The van der Waals surface area contributed by atoms with Crippen molar-refractivity contribution >= 4 is 34.8 Å². The summed E-state index contributed by atoms with van der Waals surface area (Å²) in [6.45, 7) is 3.78. The summed E-state index contributed by atoms with van der Waals surface area (Å²) in [5, 5.41) is 19.5. The van der Waals surface area contributed by atoms with Gasteiger partial charge in [0.15, 0.2) is 5.82 Å². The van der Waals surface area contributed by atoms with E-state index >= 15 is 0 Å². The molecular weight excluding hydrogens is 389 g/mol. The SMILES string of the molecule is CC(C)NC(=O)c1[nH]n2c(-c3ccc(Cl)c(Cl)c3)nnc2c1-n1cccn1. The predicted octanol–water partition coefficient (Wildman–Crippen LogP) is 3.36. The highest BCUT2D eigenvalue weighted by Crippen LogP contribution is 2.29. The molecule has 2 N–H and O–H groups in total. The minimum Gasteiger partial charge on any atom is -0.348 e. The van der Waals surface area contributed by atoms with Crippen molar-refractivity contribution in [1.29, 1.82) is 0 Å². The Hall–Kier alpha value is -2.84. The Morgan fingerprint density at radius 2 is 2.04 bits per heavy atom. The molecule has 3 heterocycles. The molecule has 0 spiro atoms. The molecule has 0 radical (unpaired) electrons. The van der Waals surface area contributed by atoms with Crippen LogP contribution in [0.15, 0.2) is 36.7 Å². The molecule has 1 aromatic carbocycles. The van der Waals surface area contributed by atoms with Crippen LogP contribution in [0.4, 0.5) is 0 Å². The first-order chi connectivity index (χ1) is 13.0. The summed E-state index contributed by atoms with van der Waals surface area (Å²) in [4.78, 5) is 12.7. The van der Waals surface area contributed by atoms with Crippen molar-refractivity contribution in [2.24, 2.45) is 0 Å². The summed E-state index contributed by atoms with van der Waals surface area (Å²) in [5.74, 6) is 0.238. The lowest BCUT2D eigenvalue weighted by atomic mass is 10.2. The van der Waals surface area contributed by atoms with Crippen molar-refractivity contribution in [3.05, 3.63) is 52.4 Å². The van der Waals surface area contributed by atoms with Crippen molar-refractivity contribution in [1.82, 2.24) is 34.9 Å². The number of carbonyl (C=O) groups is 1. The number of amides is 1. The maximum atomic E-state index is 12.7. The Balaban J connectivity index is 1.92. The number of rotatable bonds is 4. The summed E-state index contributed by atoms with van der Waals surface area (Å²) in [6.07, 6.45) is 3.37. The zero-order chi connectivity index (χ0) is 19.1. The van der Waals surface area contributed by atoms with E-state index in [0.717, 1.165) is 0 Å². The molecule has 8 nitrogen and oxygen atoms in total. The van der Waals surface area contributed by atoms with E-state index in [1.165, 1.54) is 0 Å². The average Bonchev–Trinajstić information content (AvgIpc) is 3.32. The van der Waals surface area contributed by atoms with Crippen molar-refractivity contribution in [3.8, 4) is 17.1 Å². The summed E-state index contributed by atoms with van der Waals surface area (Å²) < 4.78 is 3.21. The van der Waals surface area contributed by atoms with Crippen LogP contribution in [0.3, 0.4) is 0 Å². The fourth-order valence-corrected chi connectivity index (χ4v) is 3.05. The van der Waals surface area contributed by atoms with Crippen LogP contribution in [0.2, 0.25) is 10.0 Å². The van der Waals surface area contributed by atoms with Gasteiger partial charge in [0.25, 0.3) is 5.91 Å². The van der Waals surface area contributed by atoms with E-state index in [0.29, 0.717) is 38.5 Å². The molecule has 0 saturated carbocycles. The quantitative estimate of drug-likeness (QED) is 0.546. The highest BCUT2D eigenvalue weighted by Gasteiger charge is 2.24. The highest BCUT2D eigenvalue weighted by molar-refractivity contribution is 6.42. The van der Waals surface area contributed by atoms with Gasteiger partial charge in [-0.1, -0.05) is 23.2 Å². The van der Waals surface area contributed by atoms with Gasteiger partial charge in [0, 0.05) is 24.0 Å². The van der Waals surface area contributed by atoms with E-state index in [2.05, 4.69) is 25.7 Å². The number of aromatic nitrogens is 6. The van der Waals surface area contributed by atoms with Crippen LogP contribution in [-0.4, -0.2) is 41.5 Å². The van der Waals surface area contributed by atoms with E-state index in [1.807, 2.05) is 13.8 Å². The van der Waals surface area contributed by atoms with Crippen LogP contribution in [0.1, 0.15) is 24.3 Å². The molecule has 10 heteroatoms. The van der Waals surface area contributed by atoms with E-state index in [1.54, 1.807) is 45.9 Å². The zero-order valence-corrected chi connectivity index (χ0v) is 16.0. The van der Waals surface area contributed by atoms with E-state index < -0.39 is 0 Å². The number of halogens is 2. The molecule has 4 rings (SSSR count). The van der Waals surface area contributed by atoms with Crippen LogP contribution < -0.4 is 5.32 Å². The Labute approximate surface area is 164 Å². The molecule has 0 aliphatic carbocycles. The van der Waals surface area contributed by atoms with Gasteiger partial charge in [-0.15, -0.1) is 10.2 Å². The maximum absolute atomic E-state index is 12.7. The zero-order valence-electron chi connectivity index (χ0n) is 14.4. The van der Waals surface area contributed by atoms with Crippen LogP contribution in [0.25, 0.3) is 22.7 Å². The molecule has 0 fully saturated rings. The second-order valence-corrected chi connectivity index (χ2v) is 7.04. The van der Waals surface area contributed by atoms with Crippen LogP contribution >= 0.6 is 23.2 Å². The number of nitrogens with one attached hydrogen (secondary N) is 2.